The van der Waals surface area contributed by atoms with Crippen molar-refractivity contribution in [3.05, 3.63) is 100 Å². The van der Waals surface area contributed by atoms with Crippen molar-refractivity contribution in [3.8, 4) is 0 Å². The molecule has 12 nitrogen and oxygen atoms in total. The standard InChI is InChI=1S/C33H38Cl2N6O6S2/c1-33(2,3)47-32(42)39-18-20-40(21-19-39)48(43,44)22-17-36-31(38-49(45,46)28-15-13-27(35)14-16-28)41-23-29(24-7-5-4-6-8-24)30(37-41)25-9-11-26(34)12-10-25/h4-16,29H,17-23H2,1-3H3,(H,36,38). The Morgan fingerprint density at radius 2 is 1.49 bits per heavy atom. The van der Waals surface area contributed by atoms with Crippen LogP contribution in [0.5, 0.6) is 0 Å². The number of sulfonamides is 2. The molecule has 0 bridgehead atoms. The van der Waals surface area contributed by atoms with Gasteiger partial charge in [0, 0.05) is 48.7 Å². The smallest absolute Gasteiger partial charge is 0.410 e. The molecule has 1 amide bonds. The molecule has 0 saturated carbocycles. The van der Waals surface area contributed by atoms with Crippen LogP contribution in [0.3, 0.4) is 0 Å². The van der Waals surface area contributed by atoms with Gasteiger partial charge in [-0.3, -0.25) is 0 Å². The molecular weight excluding hydrogens is 711 g/mol. The van der Waals surface area contributed by atoms with Crippen LogP contribution in [0.1, 0.15) is 37.8 Å². The number of hydrogen-bond donors (Lipinski definition) is 1. The van der Waals surface area contributed by atoms with Crippen molar-refractivity contribution in [2.75, 3.05) is 45.0 Å². The van der Waals surface area contributed by atoms with E-state index in [0.29, 0.717) is 15.8 Å². The summed E-state index contributed by atoms with van der Waals surface area (Å²) in [6.45, 7) is 5.94. The Bertz CT molecular complexity index is 1910. The van der Waals surface area contributed by atoms with Gasteiger partial charge in [-0.15, -0.1) is 4.40 Å². The molecule has 262 valence electrons. The number of nitrogens with zero attached hydrogens (tertiary/aromatic N) is 5. The zero-order chi connectivity index (χ0) is 35.4. The monoisotopic (exact) mass is 748 g/mol. The van der Waals surface area contributed by atoms with Gasteiger partial charge in [-0.1, -0.05) is 65.7 Å². The average molecular weight is 750 g/mol. The third-order valence-corrected chi connectivity index (χ3v) is 11.4. The minimum absolute atomic E-state index is 0.0904. The maximum atomic E-state index is 13.5. The SMILES string of the molecule is CC(C)(C)OC(=O)N1CCN(S(=O)(=O)CCN/C(=N\S(=O)(=O)c2ccc(Cl)cc2)N2CC(c3ccccc3)C(c3ccc(Cl)cc3)=N2)CC1. The fourth-order valence-corrected chi connectivity index (χ4v) is 7.86. The minimum atomic E-state index is -4.27. The molecule has 1 unspecified atom stereocenters. The molecule has 1 N–H and O–H groups in total. The fourth-order valence-electron chi connectivity index (χ4n) is 5.30. The van der Waals surface area contributed by atoms with Crippen LogP contribution < -0.4 is 5.32 Å². The van der Waals surface area contributed by atoms with E-state index in [1.54, 1.807) is 32.9 Å². The lowest BCUT2D eigenvalue weighted by molar-refractivity contribution is 0.0192. The van der Waals surface area contributed by atoms with Crippen molar-refractivity contribution in [1.82, 2.24) is 19.5 Å². The third-order valence-electron chi connectivity index (χ3n) is 7.75. The van der Waals surface area contributed by atoms with Crippen molar-refractivity contribution in [2.45, 2.75) is 37.2 Å². The summed E-state index contributed by atoms with van der Waals surface area (Å²) >= 11 is 12.1. The predicted octanol–water partition coefficient (Wildman–Crippen LogP) is 5.01. The first kappa shape index (κ1) is 36.6. The van der Waals surface area contributed by atoms with Gasteiger partial charge in [0.25, 0.3) is 10.0 Å². The number of carbonyl (C=O) groups is 1. The first-order chi connectivity index (χ1) is 23.1. The van der Waals surface area contributed by atoms with Crippen LogP contribution in [0, 0.1) is 0 Å². The fraction of sp³-hybridized carbons (Fsp3) is 0.364. The minimum Gasteiger partial charge on any atom is -0.444 e. The highest BCUT2D eigenvalue weighted by molar-refractivity contribution is 7.90. The summed E-state index contributed by atoms with van der Waals surface area (Å²) in [5.74, 6) is -0.759. The van der Waals surface area contributed by atoms with Crippen LogP contribution in [0.25, 0.3) is 0 Å². The Kier molecular flexibility index (Phi) is 11.2. The lowest BCUT2D eigenvalue weighted by Gasteiger charge is -2.35. The average Bonchev–Trinajstić information content (AvgIpc) is 3.50. The Labute approximate surface area is 297 Å². The molecule has 0 aromatic heterocycles. The lowest BCUT2D eigenvalue weighted by atomic mass is 9.91. The van der Waals surface area contributed by atoms with Gasteiger partial charge in [0.1, 0.15) is 5.60 Å². The Morgan fingerprint density at radius 3 is 2.08 bits per heavy atom. The van der Waals surface area contributed by atoms with Gasteiger partial charge in [0.05, 0.1) is 22.9 Å². The molecule has 0 radical (unpaired) electrons. The number of rotatable bonds is 8. The summed E-state index contributed by atoms with van der Waals surface area (Å²) in [6, 6.07) is 22.4. The number of carbonyl (C=O) groups excluding carboxylic acids is 1. The highest BCUT2D eigenvalue weighted by Gasteiger charge is 2.34. The van der Waals surface area contributed by atoms with E-state index >= 15 is 0 Å². The van der Waals surface area contributed by atoms with Gasteiger partial charge in [-0.2, -0.15) is 17.8 Å². The molecule has 2 aliphatic heterocycles. The van der Waals surface area contributed by atoms with Gasteiger partial charge in [0.2, 0.25) is 16.0 Å². The summed E-state index contributed by atoms with van der Waals surface area (Å²) < 4.78 is 64.6. The summed E-state index contributed by atoms with van der Waals surface area (Å²) in [5.41, 5.74) is 1.74. The van der Waals surface area contributed by atoms with Crippen LogP contribution in [0.2, 0.25) is 10.0 Å². The van der Waals surface area contributed by atoms with Crippen molar-refractivity contribution in [2.24, 2.45) is 9.50 Å². The van der Waals surface area contributed by atoms with Crippen molar-refractivity contribution in [1.29, 1.82) is 0 Å². The van der Waals surface area contributed by atoms with Gasteiger partial charge in [0.15, 0.2) is 0 Å². The highest BCUT2D eigenvalue weighted by atomic mass is 35.5. The van der Waals surface area contributed by atoms with Crippen LogP contribution >= 0.6 is 23.2 Å². The zero-order valence-electron chi connectivity index (χ0n) is 27.3. The molecule has 0 spiro atoms. The normalized spacial score (nSPS) is 17.9. The second-order valence-corrected chi connectivity index (χ2v) is 17.1. The molecule has 1 fully saturated rings. The summed E-state index contributed by atoms with van der Waals surface area (Å²) in [4.78, 5) is 13.8. The number of hydrazone groups is 1. The van der Waals surface area contributed by atoms with Crippen LogP contribution in [0.15, 0.2) is 93.3 Å². The van der Waals surface area contributed by atoms with Crippen molar-refractivity contribution >= 4 is 61.0 Å². The number of amides is 1. The molecule has 1 atom stereocenters. The Morgan fingerprint density at radius 1 is 0.898 bits per heavy atom. The van der Waals surface area contributed by atoms with Gasteiger partial charge in [-0.25, -0.2) is 18.2 Å². The number of guanidine groups is 1. The van der Waals surface area contributed by atoms with E-state index in [0.717, 1.165) is 11.1 Å². The topological polar surface area (TPSA) is 141 Å². The second-order valence-electron chi connectivity index (χ2n) is 12.5. The quantitative estimate of drug-likeness (QED) is 0.250. The largest absolute Gasteiger partial charge is 0.444 e. The third kappa shape index (κ3) is 9.51. The Balaban J connectivity index is 1.38. The summed E-state index contributed by atoms with van der Waals surface area (Å²) in [6.07, 6.45) is -0.494. The highest BCUT2D eigenvalue weighted by Crippen LogP contribution is 2.30. The van der Waals surface area contributed by atoms with Crippen LogP contribution in [-0.2, 0) is 24.8 Å². The maximum absolute atomic E-state index is 13.5. The number of nitrogens with one attached hydrogen (secondary N) is 1. The van der Waals surface area contributed by atoms with Crippen molar-refractivity contribution < 1.29 is 26.4 Å². The molecule has 2 aliphatic rings. The molecule has 0 aliphatic carbocycles. The van der Waals surface area contributed by atoms with E-state index < -0.39 is 31.7 Å². The van der Waals surface area contributed by atoms with E-state index in [9.17, 15) is 21.6 Å². The van der Waals surface area contributed by atoms with E-state index in [1.807, 2.05) is 42.5 Å². The predicted molar refractivity (Wildman–Crippen MR) is 191 cm³/mol. The van der Waals surface area contributed by atoms with Crippen LogP contribution in [0.4, 0.5) is 4.79 Å². The number of ether oxygens (including phenoxy) is 1. The molecule has 3 aromatic rings. The van der Waals surface area contributed by atoms with Crippen molar-refractivity contribution in [3.63, 3.8) is 0 Å². The lowest BCUT2D eigenvalue weighted by Crippen LogP contribution is -2.52. The van der Waals surface area contributed by atoms with Gasteiger partial charge >= 0.3 is 6.09 Å². The second kappa shape index (κ2) is 15.1. The number of hydrogen-bond acceptors (Lipinski definition) is 7. The van der Waals surface area contributed by atoms with E-state index in [-0.39, 0.29) is 61.8 Å². The molecule has 16 heteroatoms. The molecule has 3 aromatic carbocycles. The first-order valence-electron chi connectivity index (χ1n) is 15.6. The van der Waals surface area contributed by atoms with Gasteiger partial charge < -0.3 is 15.0 Å². The molecular formula is C33H38Cl2N6O6S2. The zero-order valence-corrected chi connectivity index (χ0v) is 30.4. The summed E-state index contributed by atoms with van der Waals surface area (Å²) in [5, 5.41) is 10.1. The van der Waals surface area contributed by atoms with E-state index in [1.165, 1.54) is 38.5 Å². The molecule has 1 saturated heterocycles. The number of benzene rings is 3. The number of piperazine rings is 1. The molecule has 2 heterocycles. The van der Waals surface area contributed by atoms with E-state index in [4.69, 9.17) is 33.0 Å². The Hall–Kier alpha value is -3.69. The van der Waals surface area contributed by atoms with Gasteiger partial charge in [-0.05, 0) is 68.3 Å². The van der Waals surface area contributed by atoms with E-state index in [2.05, 4.69) is 9.71 Å². The molecule has 49 heavy (non-hydrogen) atoms. The summed E-state index contributed by atoms with van der Waals surface area (Å²) in [7, 11) is -8.06. The maximum Gasteiger partial charge on any atom is 0.410 e. The van der Waals surface area contributed by atoms with Crippen LogP contribution in [-0.4, -0.2) is 99.4 Å². The first-order valence-corrected chi connectivity index (χ1v) is 19.4. The number of halogens is 2. The molecule has 5 rings (SSSR count).